The van der Waals surface area contributed by atoms with Crippen LogP contribution in [0, 0.1) is 10.1 Å². The summed E-state index contributed by atoms with van der Waals surface area (Å²) in [5.41, 5.74) is 2.84. The Hall–Kier alpha value is -3.17. The fraction of sp³-hybridized carbons (Fsp3) is 0.435. The summed E-state index contributed by atoms with van der Waals surface area (Å²) in [5, 5.41) is 13.7. The monoisotopic (exact) mass is 440 g/mol. The van der Waals surface area contributed by atoms with E-state index in [1.54, 1.807) is 0 Å². The average molecular weight is 441 g/mol. The van der Waals surface area contributed by atoms with Crippen molar-refractivity contribution >= 4 is 17.3 Å². The summed E-state index contributed by atoms with van der Waals surface area (Å²) in [6.07, 6.45) is 1.30. The number of non-ortho nitro benzene ring substituents is 1. The number of hydrogen-bond acceptors (Lipinski definition) is 7. The summed E-state index contributed by atoms with van der Waals surface area (Å²) in [4.78, 5) is 27.6. The van der Waals surface area contributed by atoms with Crippen molar-refractivity contribution in [3.8, 4) is 11.5 Å². The summed E-state index contributed by atoms with van der Waals surface area (Å²) in [5.74, 6) is 1.22. The molecule has 2 aromatic carbocycles. The Morgan fingerprint density at radius 3 is 2.69 bits per heavy atom. The number of anilines is 1. The molecular weight excluding hydrogens is 412 g/mol. The lowest BCUT2D eigenvalue weighted by atomic mass is 10.1. The molecule has 9 heteroatoms. The van der Waals surface area contributed by atoms with Gasteiger partial charge in [0.05, 0.1) is 24.3 Å². The minimum atomic E-state index is -0.495. The van der Waals surface area contributed by atoms with Crippen LogP contribution in [0.2, 0.25) is 0 Å². The van der Waals surface area contributed by atoms with E-state index in [1.807, 2.05) is 0 Å². The van der Waals surface area contributed by atoms with Gasteiger partial charge in [-0.3, -0.25) is 19.8 Å². The van der Waals surface area contributed by atoms with Crippen LogP contribution in [-0.2, 0) is 17.8 Å². The molecule has 0 spiro atoms. The third-order valence-electron chi connectivity index (χ3n) is 5.95. The number of amides is 1. The first kappa shape index (κ1) is 22.0. The van der Waals surface area contributed by atoms with E-state index in [1.165, 1.54) is 36.4 Å². The first-order valence-corrected chi connectivity index (χ1v) is 10.8. The molecule has 1 amide bonds. The van der Waals surface area contributed by atoms with Crippen molar-refractivity contribution in [3.05, 3.63) is 57.6 Å². The second-order valence-electron chi connectivity index (χ2n) is 8.10. The Morgan fingerprint density at radius 2 is 1.94 bits per heavy atom. The van der Waals surface area contributed by atoms with Crippen molar-refractivity contribution in [1.29, 1.82) is 0 Å². The molecule has 1 saturated heterocycles. The molecule has 1 N–H and O–H groups in total. The van der Waals surface area contributed by atoms with E-state index >= 15 is 0 Å². The van der Waals surface area contributed by atoms with Crippen LogP contribution in [0.15, 0.2) is 36.4 Å². The first-order valence-electron chi connectivity index (χ1n) is 10.8. The van der Waals surface area contributed by atoms with Crippen LogP contribution < -0.4 is 14.8 Å². The van der Waals surface area contributed by atoms with Gasteiger partial charge >= 0.3 is 0 Å². The zero-order valence-corrected chi connectivity index (χ0v) is 18.2. The SMILES string of the molecule is COc1ccc([N+](=O)[O-])cc1NC(=O)CCN1CCN(Cc2ccc3c(c2)CCO3)CC1. The predicted octanol–water partition coefficient (Wildman–Crippen LogP) is 2.68. The van der Waals surface area contributed by atoms with Crippen molar-refractivity contribution in [1.82, 2.24) is 9.80 Å². The van der Waals surface area contributed by atoms with Crippen LogP contribution in [0.3, 0.4) is 0 Å². The zero-order chi connectivity index (χ0) is 22.5. The van der Waals surface area contributed by atoms with E-state index in [0.29, 0.717) is 24.4 Å². The summed E-state index contributed by atoms with van der Waals surface area (Å²) in [6.45, 7) is 6.06. The van der Waals surface area contributed by atoms with E-state index in [2.05, 4.69) is 33.3 Å². The fourth-order valence-electron chi connectivity index (χ4n) is 4.15. The van der Waals surface area contributed by atoms with Crippen LogP contribution in [0.4, 0.5) is 11.4 Å². The number of nitro benzene ring substituents is 1. The number of piperazine rings is 1. The minimum Gasteiger partial charge on any atom is -0.495 e. The lowest BCUT2D eigenvalue weighted by molar-refractivity contribution is -0.384. The molecule has 0 saturated carbocycles. The summed E-state index contributed by atoms with van der Waals surface area (Å²) < 4.78 is 10.8. The third kappa shape index (κ3) is 5.35. The van der Waals surface area contributed by atoms with E-state index in [9.17, 15) is 14.9 Å². The minimum absolute atomic E-state index is 0.0897. The molecule has 0 unspecified atom stereocenters. The summed E-state index contributed by atoms with van der Waals surface area (Å²) >= 11 is 0. The maximum absolute atomic E-state index is 12.4. The summed E-state index contributed by atoms with van der Waals surface area (Å²) in [7, 11) is 1.47. The van der Waals surface area contributed by atoms with Gasteiger partial charge in [0.15, 0.2) is 0 Å². The number of nitrogens with one attached hydrogen (secondary N) is 1. The number of hydrogen-bond donors (Lipinski definition) is 1. The number of nitro groups is 1. The lowest BCUT2D eigenvalue weighted by Gasteiger charge is -2.34. The summed E-state index contributed by atoms with van der Waals surface area (Å²) in [6, 6.07) is 10.6. The molecule has 2 aliphatic heterocycles. The van der Waals surface area contributed by atoms with Crippen LogP contribution in [0.25, 0.3) is 0 Å². The Kier molecular flexibility index (Phi) is 6.87. The molecule has 170 valence electrons. The topological polar surface area (TPSA) is 97.2 Å². The van der Waals surface area contributed by atoms with E-state index in [-0.39, 0.29) is 11.6 Å². The van der Waals surface area contributed by atoms with Gasteiger partial charge < -0.3 is 19.7 Å². The van der Waals surface area contributed by atoms with Crippen LogP contribution in [0.1, 0.15) is 17.5 Å². The molecule has 0 atom stereocenters. The smallest absolute Gasteiger partial charge is 0.271 e. The first-order chi connectivity index (χ1) is 15.5. The van der Waals surface area contributed by atoms with Gasteiger partial charge in [0.1, 0.15) is 11.5 Å². The zero-order valence-electron chi connectivity index (χ0n) is 18.2. The van der Waals surface area contributed by atoms with Crippen LogP contribution in [-0.4, -0.2) is 67.1 Å². The highest BCUT2D eigenvalue weighted by Gasteiger charge is 2.20. The number of carbonyl (C=O) groups excluding carboxylic acids is 1. The number of methoxy groups -OCH3 is 1. The van der Waals surface area contributed by atoms with Gasteiger partial charge in [-0.15, -0.1) is 0 Å². The van der Waals surface area contributed by atoms with Gasteiger partial charge in [0.2, 0.25) is 5.91 Å². The van der Waals surface area contributed by atoms with Crippen molar-refractivity contribution in [3.63, 3.8) is 0 Å². The highest BCUT2D eigenvalue weighted by atomic mass is 16.6. The second-order valence-corrected chi connectivity index (χ2v) is 8.10. The number of benzene rings is 2. The maximum Gasteiger partial charge on any atom is 0.271 e. The fourth-order valence-corrected chi connectivity index (χ4v) is 4.15. The molecule has 0 bridgehead atoms. The van der Waals surface area contributed by atoms with Gasteiger partial charge in [0, 0.05) is 64.2 Å². The quantitative estimate of drug-likeness (QED) is 0.498. The highest BCUT2D eigenvalue weighted by Crippen LogP contribution is 2.29. The normalized spacial score (nSPS) is 16.3. The molecule has 2 aromatic rings. The molecule has 2 heterocycles. The Bertz CT molecular complexity index is 988. The van der Waals surface area contributed by atoms with E-state index in [4.69, 9.17) is 9.47 Å². The van der Waals surface area contributed by atoms with Gasteiger partial charge in [-0.25, -0.2) is 0 Å². The molecule has 4 rings (SSSR count). The van der Waals surface area contributed by atoms with E-state index < -0.39 is 4.92 Å². The standard InChI is InChI=1S/C23H28N4O5/c1-31-22-5-3-19(27(29)30)15-20(22)24-23(28)6-8-25-9-11-26(12-10-25)16-17-2-4-21-18(14-17)7-13-32-21/h2-5,14-15H,6-13,16H2,1H3,(H,24,28). The van der Waals surface area contributed by atoms with Crippen molar-refractivity contribution < 1.29 is 19.2 Å². The van der Waals surface area contributed by atoms with E-state index in [0.717, 1.165) is 51.5 Å². The molecule has 9 nitrogen and oxygen atoms in total. The number of ether oxygens (including phenoxy) is 2. The molecule has 32 heavy (non-hydrogen) atoms. The van der Waals surface area contributed by atoms with Crippen molar-refractivity contribution in [2.75, 3.05) is 51.8 Å². The van der Waals surface area contributed by atoms with Crippen molar-refractivity contribution in [2.24, 2.45) is 0 Å². The lowest BCUT2D eigenvalue weighted by Crippen LogP contribution is -2.46. The van der Waals surface area contributed by atoms with Gasteiger partial charge in [-0.1, -0.05) is 12.1 Å². The molecule has 0 aliphatic carbocycles. The Morgan fingerprint density at radius 1 is 1.16 bits per heavy atom. The van der Waals surface area contributed by atoms with Crippen molar-refractivity contribution in [2.45, 2.75) is 19.4 Å². The number of rotatable bonds is 8. The number of fused-ring (bicyclic) bond motifs is 1. The molecule has 0 aromatic heterocycles. The number of nitrogens with zero attached hydrogens (tertiary/aromatic N) is 3. The maximum atomic E-state index is 12.4. The van der Waals surface area contributed by atoms with Crippen LogP contribution in [0.5, 0.6) is 11.5 Å². The molecule has 0 radical (unpaired) electrons. The third-order valence-corrected chi connectivity index (χ3v) is 5.95. The Labute approximate surface area is 187 Å². The largest absolute Gasteiger partial charge is 0.495 e. The second kappa shape index (κ2) is 9.97. The van der Waals surface area contributed by atoms with Crippen LogP contribution >= 0.6 is 0 Å². The molecule has 1 fully saturated rings. The van der Waals surface area contributed by atoms with Gasteiger partial charge in [-0.05, 0) is 23.3 Å². The molecule has 2 aliphatic rings. The molecular formula is C23H28N4O5. The average Bonchev–Trinajstić information content (AvgIpc) is 3.26. The van der Waals surface area contributed by atoms with Gasteiger partial charge in [0.25, 0.3) is 5.69 Å². The Balaban J connectivity index is 1.22. The highest BCUT2D eigenvalue weighted by molar-refractivity contribution is 5.92. The van der Waals surface area contributed by atoms with Gasteiger partial charge in [-0.2, -0.15) is 0 Å². The predicted molar refractivity (Wildman–Crippen MR) is 120 cm³/mol. The number of carbonyl (C=O) groups is 1.